The lowest BCUT2D eigenvalue weighted by atomic mass is 9.90. The first-order chi connectivity index (χ1) is 10.1. The molecule has 2 heteroatoms. The van der Waals surface area contributed by atoms with Crippen LogP contribution in [0.5, 0.6) is 0 Å². The first-order valence-corrected chi connectivity index (χ1v) is 8.41. The minimum atomic E-state index is 0.504. The first kappa shape index (κ1) is 16.3. The van der Waals surface area contributed by atoms with Crippen molar-refractivity contribution in [2.45, 2.75) is 33.1 Å². The quantitative estimate of drug-likeness (QED) is 0.776. The van der Waals surface area contributed by atoms with Gasteiger partial charge in [-0.1, -0.05) is 53.2 Å². The van der Waals surface area contributed by atoms with Gasteiger partial charge in [-0.2, -0.15) is 0 Å². The van der Waals surface area contributed by atoms with Crippen molar-refractivity contribution in [2.24, 2.45) is 0 Å². The van der Waals surface area contributed by atoms with Gasteiger partial charge in [0.15, 0.2) is 0 Å². The van der Waals surface area contributed by atoms with E-state index in [0.717, 1.165) is 24.0 Å². The zero-order valence-electron chi connectivity index (χ0n) is 13.1. The summed E-state index contributed by atoms with van der Waals surface area (Å²) >= 11 is 3.58. The lowest BCUT2D eigenvalue weighted by Gasteiger charge is -2.19. The molecular formula is C19H24BrN. The maximum absolute atomic E-state index is 3.58. The Hall–Kier alpha value is -1.12. The van der Waals surface area contributed by atoms with Gasteiger partial charge in [0.25, 0.3) is 0 Å². The molecule has 2 rings (SSSR count). The molecule has 0 aliphatic heterocycles. The molecule has 0 spiro atoms. The number of benzene rings is 2. The van der Waals surface area contributed by atoms with Gasteiger partial charge in [-0.05, 0) is 61.2 Å². The third-order valence-corrected chi connectivity index (χ3v) is 4.51. The molecule has 0 saturated heterocycles. The Morgan fingerprint density at radius 3 is 2.52 bits per heavy atom. The molecule has 0 saturated carbocycles. The molecule has 1 nitrogen and oxygen atoms in total. The van der Waals surface area contributed by atoms with Crippen molar-refractivity contribution < 1.29 is 0 Å². The minimum Gasteiger partial charge on any atom is -0.316 e. The van der Waals surface area contributed by atoms with Crippen molar-refractivity contribution in [3.8, 4) is 0 Å². The molecule has 0 bridgehead atoms. The van der Waals surface area contributed by atoms with Crippen LogP contribution in [0, 0.1) is 13.8 Å². The van der Waals surface area contributed by atoms with Gasteiger partial charge in [-0.15, -0.1) is 0 Å². The molecule has 0 aliphatic rings. The molecule has 2 aromatic rings. The highest BCUT2D eigenvalue weighted by atomic mass is 79.9. The van der Waals surface area contributed by atoms with E-state index in [0.29, 0.717) is 5.92 Å². The topological polar surface area (TPSA) is 12.0 Å². The second-order valence-electron chi connectivity index (χ2n) is 5.68. The van der Waals surface area contributed by atoms with Crippen molar-refractivity contribution in [3.63, 3.8) is 0 Å². The lowest BCUT2D eigenvalue weighted by molar-refractivity contribution is 0.594. The molecule has 1 atom stereocenters. The molecule has 0 fully saturated rings. The molecule has 0 aromatic heterocycles. The average molecular weight is 346 g/mol. The van der Waals surface area contributed by atoms with Crippen LogP contribution in [-0.2, 0) is 6.42 Å². The standard InChI is InChI=1S/C19H24BrN/c1-4-21-13-18(17-6-5-7-19(20)12-17)11-16-9-8-14(2)15(3)10-16/h5-10,12,18,21H,4,11,13H2,1-3H3. The molecule has 1 unspecified atom stereocenters. The van der Waals surface area contributed by atoms with Crippen molar-refractivity contribution in [3.05, 3.63) is 69.2 Å². The van der Waals surface area contributed by atoms with Crippen LogP contribution in [0.4, 0.5) is 0 Å². The monoisotopic (exact) mass is 345 g/mol. The van der Waals surface area contributed by atoms with Crippen molar-refractivity contribution >= 4 is 15.9 Å². The van der Waals surface area contributed by atoms with Gasteiger partial charge in [0.2, 0.25) is 0 Å². The van der Waals surface area contributed by atoms with Crippen LogP contribution in [0.1, 0.15) is 35.1 Å². The number of rotatable bonds is 6. The Morgan fingerprint density at radius 2 is 1.86 bits per heavy atom. The highest BCUT2D eigenvalue weighted by molar-refractivity contribution is 9.10. The van der Waals surface area contributed by atoms with Gasteiger partial charge in [-0.25, -0.2) is 0 Å². The summed E-state index contributed by atoms with van der Waals surface area (Å²) in [6.07, 6.45) is 1.07. The molecule has 0 heterocycles. The lowest BCUT2D eigenvalue weighted by Crippen LogP contribution is -2.22. The van der Waals surface area contributed by atoms with Gasteiger partial charge < -0.3 is 5.32 Å². The summed E-state index contributed by atoms with van der Waals surface area (Å²) in [5.41, 5.74) is 5.55. The highest BCUT2D eigenvalue weighted by Crippen LogP contribution is 2.24. The number of hydrogen-bond acceptors (Lipinski definition) is 1. The second-order valence-corrected chi connectivity index (χ2v) is 6.60. The summed E-state index contributed by atoms with van der Waals surface area (Å²) in [6, 6.07) is 15.5. The molecule has 2 aromatic carbocycles. The molecule has 112 valence electrons. The number of hydrogen-bond donors (Lipinski definition) is 1. The summed E-state index contributed by atoms with van der Waals surface area (Å²) in [6.45, 7) is 8.55. The normalized spacial score (nSPS) is 12.4. The van der Waals surface area contributed by atoms with E-state index in [1.165, 1.54) is 22.3 Å². The van der Waals surface area contributed by atoms with Gasteiger partial charge in [0, 0.05) is 16.9 Å². The SMILES string of the molecule is CCNCC(Cc1ccc(C)c(C)c1)c1cccc(Br)c1. The summed E-state index contributed by atoms with van der Waals surface area (Å²) in [5, 5.41) is 3.50. The smallest absolute Gasteiger partial charge is 0.0178 e. The molecule has 1 N–H and O–H groups in total. The number of likely N-dealkylation sites (N-methyl/N-ethyl adjacent to an activating group) is 1. The Balaban J connectivity index is 2.21. The molecular weight excluding hydrogens is 322 g/mol. The number of halogens is 1. The van der Waals surface area contributed by atoms with Crippen LogP contribution in [0.2, 0.25) is 0 Å². The van der Waals surface area contributed by atoms with E-state index < -0.39 is 0 Å². The number of aryl methyl sites for hydroxylation is 2. The third kappa shape index (κ3) is 4.69. The largest absolute Gasteiger partial charge is 0.316 e. The summed E-state index contributed by atoms with van der Waals surface area (Å²) < 4.78 is 1.15. The van der Waals surface area contributed by atoms with E-state index in [9.17, 15) is 0 Å². The van der Waals surface area contributed by atoms with Gasteiger partial charge in [-0.3, -0.25) is 0 Å². The van der Waals surface area contributed by atoms with Crippen LogP contribution in [0.3, 0.4) is 0 Å². The van der Waals surface area contributed by atoms with E-state index in [1.54, 1.807) is 0 Å². The van der Waals surface area contributed by atoms with Gasteiger partial charge in [0.1, 0.15) is 0 Å². The molecule has 21 heavy (non-hydrogen) atoms. The predicted octanol–water partition coefficient (Wildman–Crippen LogP) is 5.00. The van der Waals surface area contributed by atoms with E-state index in [2.05, 4.69) is 84.5 Å². The third-order valence-electron chi connectivity index (χ3n) is 4.01. The molecule has 0 aliphatic carbocycles. The minimum absolute atomic E-state index is 0.504. The fourth-order valence-electron chi connectivity index (χ4n) is 2.60. The van der Waals surface area contributed by atoms with E-state index in [1.807, 2.05) is 0 Å². The zero-order chi connectivity index (χ0) is 15.2. The zero-order valence-corrected chi connectivity index (χ0v) is 14.7. The van der Waals surface area contributed by atoms with Crippen LogP contribution >= 0.6 is 15.9 Å². The van der Waals surface area contributed by atoms with Crippen LogP contribution < -0.4 is 5.32 Å². The Labute approximate surface area is 136 Å². The maximum atomic E-state index is 3.58. The number of nitrogens with one attached hydrogen (secondary N) is 1. The fourth-order valence-corrected chi connectivity index (χ4v) is 3.02. The summed E-state index contributed by atoms with van der Waals surface area (Å²) in [4.78, 5) is 0. The van der Waals surface area contributed by atoms with Gasteiger partial charge in [0.05, 0.1) is 0 Å². The van der Waals surface area contributed by atoms with Crippen molar-refractivity contribution in [2.75, 3.05) is 13.1 Å². The Kier molecular flexibility index (Phi) is 6.01. The first-order valence-electron chi connectivity index (χ1n) is 7.62. The van der Waals surface area contributed by atoms with Crippen molar-refractivity contribution in [1.82, 2.24) is 5.32 Å². The van der Waals surface area contributed by atoms with Crippen LogP contribution in [0.25, 0.3) is 0 Å². The average Bonchev–Trinajstić information content (AvgIpc) is 2.47. The highest BCUT2D eigenvalue weighted by Gasteiger charge is 2.13. The summed E-state index contributed by atoms with van der Waals surface area (Å²) in [5.74, 6) is 0.504. The van der Waals surface area contributed by atoms with E-state index >= 15 is 0 Å². The van der Waals surface area contributed by atoms with Crippen LogP contribution in [0.15, 0.2) is 46.9 Å². The summed E-state index contributed by atoms with van der Waals surface area (Å²) in [7, 11) is 0. The fraction of sp³-hybridized carbons (Fsp3) is 0.368. The maximum Gasteiger partial charge on any atom is 0.0178 e. The van der Waals surface area contributed by atoms with E-state index in [-0.39, 0.29) is 0 Å². The molecule has 0 amide bonds. The van der Waals surface area contributed by atoms with Gasteiger partial charge >= 0.3 is 0 Å². The second kappa shape index (κ2) is 7.77. The predicted molar refractivity (Wildman–Crippen MR) is 95.0 cm³/mol. The molecule has 0 radical (unpaired) electrons. The van der Waals surface area contributed by atoms with Crippen molar-refractivity contribution in [1.29, 1.82) is 0 Å². The Morgan fingerprint density at radius 1 is 1.05 bits per heavy atom. The van der Waals surface area contributed by atoms with Crippen LogP contribution in [-0.4, -0.2) is 13.1 Å². The van der Waals surface area contributed by atoms with E-state index in [4.69, 9.17) is 0 Å². The Bertz CT molecular complexity index is 592.